The topological polar surface area (TPSA) is 37.3 Å². The minimum Gasteiger partial charge on any atom is -1.00 e. The molecule has 0 aliphatic heterocycles. The molecule has 0 radical (unpaired) electrons. The van der Waals surface area contributed by atoms with Crippen molar-refractivity contribution >= 4 is 29.0 Å². The van der Waals surface area contributed by atoms with Gasteiger partial charge >= 0.3 is 52.6 Å². The van der Waals surface area contributed by atoms with Crippen LogP contribution in [0.3, 0.4) is 0 Å². The molecule has 2 nitrogen and oxygen atoms in total. The minimum absolute atomic E-state index is 0. The van der Waals surface area contributed by atoms with Gasteiger partial charge in [0, 0.05) is 26.4 Å². The van der Waals surface area contributed by atoms with E-state index < -0.39 is 5.97 Å². The van der Waals surface area contributed by atoms with Crippen LogP contribution in [0.5, 0.6) is 0 Å². The van der Waals surface area contributed by atoms with Gasteiger partial charge in [0.2, 0.25) is 0 Å². The summed E-state index contributed by atoms with van der Waals surface area (Å²) >= 11 is 0. The SMILES string of the molecule is CC(=O)O.[H-].[H-].[H-].[Mg+2].[Na+].[Zn]. The molecule has 0 aromatic rings. The molecule has 0 aliphatic rings. The van der Waals surface area contributed by atoms with Crippen molar-refractivity contribution < 1.29 is 63.2 Å². The van der Waals surface area contributed by atoms with E-state index in [1.54, 1.807) is 0 Å². The molecule has 0 fully saturated rings. The Balaban J connectivity index is -0.00000000300. The third kappa shape index (κ3) is 78.0. The second-order valence-corrected chi connectivity index (χ2v) is 0.519. The first-order valence-electron chi connectivity index (χ1n) is 0.928. The van der Waals surface area contributed by atoms with Crippen LogP contribution in [0.25, 0.3) is 0 Å². The normalized spacial score (nSPS) is 3.57. The quantitative estimate of drug-likeness (QED) is 0.400. The van der Waals surface area contributed by atoms with Crippen molar-refractivity contribution in [2.24, 2.45) is 0 Å². The molecule has 0 aromatic heterocycles. The van der Waals surface area contributed by atoms with Gasteiger partial charge in [0.25, 0.3) is 5.97 Å². The van der Waals surface area contributed by atoms with Crippen LogP contribution >= 0.6 is 0 Å². The first kappa shape index (κ1) is 23.2. The average Bonchev–Trinajstić information content (AvgIpc) is 0.811. The molecule has 7 heavy (non-hydrogen) atoms. The van der Waals surface area contributed by atoms with Gasteiger partial charge in [-0.25, -0.2) is 0 Å². The van der Waals surface area contributed by atoms with E-state index in [9.17, 15) is 0 Å². The zero-order chi connectivity index (χ0) is 3.58. The second kappa shape index (κ2) is 15.7. The fourth-order valence-electron chi connectivity index (χ4n) is 0. The van der Waals surface area contributed by atoms with Gasteiger partial charge in [-0.05, 0) is 0 Å². The van der Waals surface area contributed by atoms with Crippen molar-refractivity contribution in [3.63, 3.8) is 0 Å². The van der Waals surface area contributed by atoms with Gasteiger partial charge < -0.3 is 9.39 Å². The fourth-order valence-corrected chi connectivity index (χ4v) is 0. The summed E-state index contributed by atoms with van der Waals surface area (Å²) in [5, 5.41) is 7.42. The van der Waals surface area contributed by atoms with Gasteiger partial charge in [0.15, 0.2) is 0 Å². The van der Waals surface area contributed by atoms with Crippen LogP contribution in [0, 0.1) is 0 Å². The summed E-state index contributed by atoms with van der Waals surface area (Å²) in [6, 6.07) is 0. The molecule has 0 aromatic carbocycles. The molecular weight excluding hydrogens is 169 g/mol. The van der Waals surface area contributed by atoms with E-state index in [4.69, 9.17) is 9.90 Å². The molecule has 0 heterocycles. The molecule has 0 amide bonds. The Morgan fingerprint density at radius 3 is 1.71 bits per heavy atom. The first-order chi connectivity index (χ1) is 1.73. The Bertz CT molecular complexity index is 47.5. The summed E-state index contributed by atoms with van der Waals surface area (Å²) < 4.78 is 0. The van der Waals surface area contributed by atoms with Crippen LogP contribution < -0.4 is 29.6 Å². The zero-order valence-corrected chi connectivity index (χ0v) is 11.2. The maximum atomic E-state index is 9.00. The summed E-state index contributed by atoms with van der Waals surface area (Å²) in [6.45, 7) is 1.08. The number of carboxylic acid groups (broad SMARTS) is 1. The van der Waals surface area contributed by atoms with Crippen LogP contribution in [0.4, 0.5) is 0 Å². The Morgan fingerprint density at radius 2 is 1.71 bits per heavy atom. The number of hydrogen-bond donors (Lipinski definition) is 1. The van der Waals surface area contributed by atoms with Crippen LogP contribution in [-0.4, -0.2) is 34.1 Å². The molecule has 0 rings (SSSR count). The van der Waals surface area contributed by atoms with E-state index in [-0.39, 0.29) is 76.4 Å². The van der Waals surface area contributed by atoms with Gasteiger partial charge in [-0.2, -0.15) is 0 Å². The average molecular weight is 176 g/mol. The van der Waals surface area contributed by atoms with Crippen molar-refractivity contribution in [3.8, 4) is 0 Å². The standard InChI is InChI=1S/C2H4O2.Mg.Na.Zn.3H/c1-2(3)4;;;;;;/h1H3,(H,3,4);;;;;;/q;+2;+1;;3*-1. The molecule has 0 spiro atoms. The van der Waals surface area contributed by atoms with Gasteiger partial charge in [0.1, 0.15) is 0 Å². The number of carboxylic acids is 1. The monoisotopic (exact) mass is 174 g/mol. The number of hydrogen-bond acceptors (Lipinski definition) is 1. The summed E-state index contributed by atoms with van der Waals surface area (Å²) in [5.41, 5.74) is 0. The zero-order valence-electron chi connectivity index (χ0n) is 7.77. The van der Waals surface area contributed by atoms with E-state index >= 15 is 0 Å². The largest absolute Gasteiger partial charge is 2.00 e. The Labute approximate surface area is 98.1 Å². The summed E-state index contributed by atoms with van der Waals surface area (Å²) in [4.78, 5) is 9.00. The van der Waals surface area contributed by atoms with Crippen molar-refractivity contribution in [1.29, 1.82) is 0 Å². The van der Waals surface area contributed by atoms with Crippen LogP contribution in [-0.2, 0) is 24.3 Å². The number of aliphatic carboxylic acids is 1. The minimum atomic E-state index is -0.833. The summed E-state index contributed by atoms with van der Waals surface area (Å²) in [5.74, 6) is -0.833. The van der Waals surface area contributed by atoms with E-state index in [0.29, 0.717) is 0 Å². The maximum absolute atomic E-state index is 9.00. The summed E-state index contributed by atoms with van der Waals surface area (Å²) in [7, 11) is 0. The van der Waals surface area contributed by atoms with Crippen LogP contribution in [0.1, 0.15) is 11.2 Å². The van der Waals surface area contributed by atoms with E-state index in [1.165, 1.54) is 0 Å². The molecule has 5 heteroatoms. The molecular formula is C2H7MgNaO2Zn. The van der Waals surface area contributed by atoms with Gasteiger partial charge in [-0.1, -0.05) is 0 Å². The molecule has 0 unspecified atom stereocenters. The van der Waals surface area contributed by atoms with Crippen molar-refractivity contribution in [3.05, 3.63) is 0 Å². The molecule has 32 valence electrons. The Hall–Kier alpha value is 1.86. The predicted molar refractivity (Wildman–Crippen MR) is 22.4 cm³/mol. The van der Waals surface area contributed by atoms with Crippen LogP contribution in [0.15, 0.2) is 0 Å². The first-order valence-corrected chi connectivity index (χ1v) is 0.928. The molecule has 0 saturated carbocycles. The van der Waals surface area contributed by atoms with E-state index in [0.717, 1.165) is 6.92 Å². The maximum Gasteiger partial charge on any atom is 2.00 e. The Kier molecular flexibility index (Phi) is 51.8. The summed E-state index contributed by atoms with van der Waals surface area (Å²) in [6.07, 6.45) is 0. The van der Waals surface area contributed by atoms with Gasteiger partial charge in [0.05, 0.1) is 0 Å². The number of rotatable bonds is 0. The third-order valence-corrected chi connectivity index (χ3v) is 0. The molecule has 1 N–H and O–H groups in total. The predicted octanol–water partition coefficient (Wildman–Crippen LogP) is -2.95. The van der Waals surface area contributed by atoms with Crippen molar-refractivity contribution in [2.45, 2.75) is 6.92 Å². The molecule has 0 bridgehead atoms. The van der Waals surface area contributed by atoms with E-state index in [1.807, 2.05) is 0 Å². The molecule has 0 aliphatic carbocycles. The van der Waals surface area contributed by atoms with Gasteiger partial charge in [-0.15, -0.1) is 0 Å². The molecule has 0 atom stereocenters. The molecule has 0 saturated heterocycles. The van der Waals surface area contributed by atoms with Crippen molar-refractivity contribution in [1.82, 2.24) is 0 Å². The fraction of sp³-hybridized carbons (Fsp3) is 0.500. The van der Waals surface area contributed by atoms with Crippen LogP contribution in [0.2, 0.25) is 0 Å². The Morgan fingerprint density at radius 1 is 1.71 bits per heavy atom. The number of carbonyl (C=O) groups is 1. The van der Waals surface area contributed by atoms with E-state index in [2.05, 4.69) is 0 Å². The second-order valence-electron chi connectivity index (χ2n) is 0.519. The van der Waals surface area contributed by atoms with Gasteiger partial charge in [-0.3, -0.25) is 4.79 Å². The third-order valence-electron chi connectivity index (χ3n) is 0. The van der Waals surface area contributed by atoms with Crippen molar-refractivity contribution in [2.75, 3.05) is 0 Å². The smallest absolute Gasteiger partial charge is 1.00 e.